The monoisotopic (exact) mass is 733 g/mol. The predicted molar refractivity (Wildman–Crippen MR) is 243 cm³/mol. The summed E-state index contributed by atoms with van der Waals surface area (Å²) in [6.07, 6.45) is 0. The highest BCUT2D eigenvalue weighted by Gasteiger charge is 2.19. The normalized spacial score (nSPS) is 13.1. The lowest BCUT2D eigenvalue weighted by atomic mass is 9.89. The molecular formula is C56H39N. The maximum atomic E-state index is 9.82. The molecule has 1 heteroatoms. The van der Waals surface area contributed by atoms with E-state index in [1.54, 1.807) is 24.3 Å². The summed E-state index contributed by atoms with van der Waals surface area (Å²) in [7, 11) is 0. The molecule has 0 unspecified atom stereocenters. The van der Waals surface area contributed by atoms with E-state index in [1.807, 2.05) is 140 Å². The molecule has 268 valence electrons. The van der Waals surface area contributed by atoms with E-state index in [2.05, 4.69) is 24.3 Å². The van der Waals surface area contributed by atoms with Crippen LogP contribution in [0.1, 0.15) is 11.0 Å². The zero-order chi connectivity index (χ0) is 44.9. The molecule has 10 aromatic carbocycles. The molecular weight excluding hydrogens is 687 g/mol. The third kappa shape index (κ3) is 6.66. The number of nitrogens with zero attached hydrogens (tertiary/aromatic N) is 1. The van der Waals surface area contributed by atoms with E-state index in [9.17, 15) is 11.0 Å². The van der Waals surface area contributed by atoms with Crippen molar-refractivity contribution in [1.82, 2.24) is 0 Å². The number of rotatable bonds is 8. The van der Waals surface area contributed by atoms with Crippen molar-refractivity contribution in [1.29, 1.82) is 0 Å². The Morgan fingerprint density at radius 2 is 0.789 bits per heavy atom. The summed E-state index contributed by atoms with van der Waals surface area (Å²) in [6, 6.07) is 56.8. The quantitative estimate of drug-likeness (QED) is 0.150. The van der Waals surface area contributed by atoms with Crippen molar-refractivity contribution in [2.75, 3.05) is 4.90 Å². The molecule has 0 heterocycles. The Morgan fingerprint density at radius 3 is 1.47 bits per heavy atom. The fourth-order valence-electron chi connectivity index (χ4n) is 7.59. The van der Waals surface area contributed by atoms with Crippen molar-refractivity contribution in [2.45, 2.75) is 0 Å². The maximum absolute atomic E-state index is 9.82. The number of hydrogen-bond donors (Lipinski definition) is 0. The number of fused-ring (bicyclic) bond motifs is 2. The second kappa shape index (κ2) is 15.0. The smallest absolute Gasteiger partial charge is 0.0645 e. The van der Waals surface area contributed by atoms with Gasteiger partial charge in [-0.05, 0) is 108 Å². The van der Waals surface area contributed by atoms with Gasteiger partial charge in [-0.25, -0.2) is 0 Å². The zero-order valence-electron chi connectivity index (χ0n) is 38.8. The molecule has 1 nitrogen and oxygen atoms in total. The van der Waals surface area contributed by atoms with Gasteiger partial charge in [-0.2, -0.15) is 0 Å². The van der Waals surface area contributed by atoms with Crippen LogP contribution in [-0.4, -0.2) is 0 Å². The molecule has 0 spiro atoms. The topological polar surface area (TPSA) is 3.24 Å². The SMILES string of the molecule is [2H]c1c([2H])c(N(c2ccccc2-c2ccccc2)c2c([2H])c([2H])c(-c3c(-c4ccccc4)ccc4ccccc34)c([2H])c2[2H])c([2H])c([2H])c1-c1ccc(-c2ccc3ccccc3c2)cc1. The van der Waals surface area contributed by atoms with Gasteiger partial charge in [-0.1, -0.05) is 200 Å². The standard InChI is InChI=1S/C56H39N/c1-3-14-44(15-4-1)52-20-11-12-22-55(52)57(50-34-29-42(30-35-50)41-23-25-43(26-24-41)49-28-27-40-13-7-8-19-48(40)39-49)51-36-31-47(32-37-51)56-53-21-10-9-18-46(53)33-38-54(56)45-16-5-2-6-17-45/h1-39H/i29D,30D,31D,32D,34D,35D,36D,37D. The van der Waals surface area contributed by atoms with Crippen molar-refractivity contribution in [3.63, 3.8) is 0 Å². The molecule has 0 aromatic heterocycles. The van der Waals surface area contributed by atoms with Gasteiger partial charge in [-0.3, -0.25) is 0 Å². The summed E-state index contributed by atoms with van der Waals surface area (Å²) in [4.78, 5) is 1.39. The Labute approximate surface area is 345 Å². The van der Waals surface area contributed by atoms with Crippen LogP contribution in [0.25, 0.3) is 77.2 Å². The highest BCUT2D eigenvalue weighted by Crippen LogP contribution is 2.44. The molecule has 0 aliphatic rings. The fourth-order valence-corrected chi connectivity index (χ4v) is 7.59. The molecule has 0 amide bonds. The van der Waals surface area contributed by atoms with Crippen molar-refractivity contribution in [3.8, 4) is 55.6 Å². The van der Waals surface area contributed by atoms with Gasteiger partial charge in [0, 0.05) is 16.9 Å². The zero-order valence-corrected chi connectivity index (χ0v) is 30.8. The second-order valence-corrected chi connectivity index (χ2v) is 13.9. The number of hydrogen-bond acceptors (Lipinski definition) is 1. The van der Waals surface area contributed by atoms with E-state index in [0.29, 0.717) is 22.4 Å². The summed E-state index contributed by atoms with van der Waals surface area (Å²) >= 11 is 0. The Morgan fingerprint density at radius 1 is 0.298 bits per heavy atom. The summed E-state index contributed by atoms with van der Waals surface area (Å²) in [5.74, 6) is 0. The van der Waals surface area contributed by atoms with Crippen LogP contribution in [0.4, 0.5) is 17.1 Å². The molecule has 0 fully saturated rings. The van der Waals surface area contributed by atoms with Crippen LogP contribution in [0.3, 0.4) is 0 Å². The molecule has 10 aromatic rings. The van der Waals surface area contributed by atoms with Gasteiger partial charge in [0.15, 0.2) is 0 Å². The Hall–Kier alpha value is -7.48. The number of benzene rings is 10. The predicted octanol–water partition coefficient (Wildman–Crippen LogP) is 15.8. The van der Waals surface area contributed by atoms with E-state index in [1.165, 1.54) is 4.90 Å². The fraction of sp³-hybridized carbons (Fsp3) is 0. The summed E-state index contributed by atoms with van der Waals surface area (Å²) in [5.41, 5.74) is 6.11. The first-order valence-electron chi connectivity index (χ1n) is 22.9. The van der Waals surface area contributed by atoms with E-state index in [-0.39, 0.29) is 46.7 Å². The first kappa shape index (κ1) is 26.3. The lowest BCUT2D eigenvalue weighted by Crippen LogP contribution is -2.11. The van der Waals surface area contributed by atoms with Gasteiger partial charge in [0.2, 0.25) is 0 Å². The highest BCUT2D eigenvalue weighted by atomic mass is 15.1. The molecule has 0 atom stereocenters. The minimum Gasteiger partial charge on any atom is -0.310 e. The van der Waals surface area contributed by atoms with Crippen LogP contribution in [-0.2, 0) is 0 Å². The van der Waals surface area contributed by atoms with Gasteiger partial charge in [-0.15, -0.1) is 0 Å². The molecule has 0 saturated carbocycles. The first-order valence-corrected chi connectivity index (χ1v) is 18.9. The molecule has 0 saturated heterocycles. The Kier molecular flexibility index (Phi) is 6.92. The lowest BCUT2D eigenvalue weighted by molar-refractivity contribution is 1.28. The van der Waals surface area contributed by atoms with Crippen LogP contribution in [0.2, 0.25) is 0 Å². The molecule has 0 aliphatic heterocycles. The van der Waals surface area contributed by atoms with E-state index in [4.69, 9.17) is 0 Å². The van der Waals surface area contributed by atoms with Gasteiger partial charge in [0.25, 0.3) is 0 Å². The van der Waals surface area contributed by atoms with E-state index in [0.717, 1.165) is 49.4 Å². The average Bonchev–Trinajstić information content (AvgIpc) is 3.35. The third-order valence-electron chi connectivity index (χ3n) is 10.4. The molecule has 0 N–H and O–H groups in total. The number of para-hydroxylation sites is 1. The van der Waals surface area contributed by atoms with Gasteiger partial charge in [0.1, 0.15) is 0 Å². The van der Waals surface area contributed by atoms with Crippen LogP contribution in [0, 0.1) is 0 Å². The average molecular weight is 734 g/mol. The van der Waals surface area contributed by atoms with E-state index < -0.39 is 24.2 Å². The van der Waals surface area contributed by atoms with Crippen molar-refractivity contribution >= 4 is 38.6 Å². The second-order valence-electron chi connectivity index (χ2n) is 13.9. The largest absolute Gasteiger partial charge is 0.310 e. The molecule has 0 bridgehead atoms. The Balaban J connectivity index is 1.20. The minimum absolute atomic E-state index is 0.101. The molecule has 57 heavy (non-hydrogen) atoms. The summed E-state index contributed by atoms with van der Waals surface area (Å²) in [5, 5.41) is 3.86. The van der Waals surface area contributed by atoms with Gasteiger partial charge < -0.3 is 4.90 Å². The minimum atomic E-state index is -0.402. The third-order valence-corrected chi connectivity index (χ3v) is 10.4. The summed E-state index contributed by atoms with van der Waals surface area (Å²) < 4.78 is 77.5. The van der Waals surface area contributed by atoms with Gasteiger partial charge in [0.05, 0.1) is 16.7 Å². The van der Waals surface area contributed by atoms with Gasteiger partial charge >= 0.3 is 0 Å². The van der Waals surface area contributed by atoms with Crippen molar-refractivity contribution in [3.05, 3.63) is 236 Å². The first-order chi connectivity index (χ1) is 31.6. The van der Waals surface area contributed by atoms with Crippen molar-refractivity contribution in [2.24, 2.45) is 0 Å². The van der Waals surface area contributed by atoms with Crippen LogP contribution < -0.4 is 4.90 Å². The van der Waals surface area contributed by atoms with E-state index >= 15 is 0 Å². The molecule has 10 rings (SSSR count). The summed E-state index contributed by atoms with van der Waals surface area (Å²) in [6.45, 7) is 0. The number of anilines is 3. The van der Waals surface area contributed by atoms with Crippen LogP contribution >= 0.6 is 0 Å². The van der Waals surface area contributed by atoms with Crippen LogP contribution in [0.15, 0.2) is 236 Å². The molecule has 0 radical (unpaired) electrons. The molecule has 0 aliphatic carbocycles. The highest BCUT2D eigenvalue weighted by molar-refractivity contribution is 6.04. The van der Waals surface area contributed by atoms with Crippen LogP contribution in [0.5, 0.6) is 0 Å². The Bertz CT molecular complexity index is 3400. The lowest BCUT2D eigenvalue weighted by Gasteiger charge is -2.28. The van der Waals surface area contributed by atoms with Crippen molar-refractivity contribution < 1.29 is 11.0 Å². The maximum Gasteiger partial charge on any atom is 0.0645 e.